The van der Waals surface area contributed by atoms with Gasteiger partial charge in [-0.25, -0.2) is 17.2 Å². The Hall–Kier alpha value is -1.74. The molecule has 0 aromatic heterocycles. The Bertz CT molecular complexity index is 704. The van der Waals surface area contributed by atoms with E-state index < -0.39 is 40.9 Å². The molecule has 1 fully saturated rings. The Morgan fingerprint density at radius 2 is 2.09 bits per heavy atom. The molecule has 0 spiro atoms. The van der Waals surface area contributed by atoms with E-state index in [0.29, 0.717) is 9.87 Å². The van der Waals surface area contributed by atoms with E-state index in [1.807, 2.05) is 0 Å². The van der Waals surface area contributed by atoms with Crippen LogP contribution >= 0.6 is 0 Å². The standard InChI is InChI=1S/C13H15F2NO5S/c1-8-3-4-10(21-2)11(5-8)22(19,20)16-7-13(14,15)6-9(16)12(17)18/h3-5,9H,6-7H2,1-2H3,(H,17,18)/t9-/m1/s1. The number of methoxy groups -OCH3 is 1. The van der Waals surface area contributed by atoms with Crippen molar-refractivity contribution in [2.45, 2.75) is 30.2 Å². The number of aliphatic carboxylic acids is 1. The number of nitrogens with zero attached hydrogens (tertiary/aromatic N) is 1. The first-order valence-electron chi connectivity index (χ1n) is 6.35. The molecule has 2 rings (SSSR count). The lowest BCUT2D eigenvalue weighted by atomic mass is 10.2. The molecule has 22 heavy (non-hydrogen) atoms. The number of sulfonamides is 1. The first kappa shape index (κ1) is 16.6. The summed E-state index contributed by atoms with van der Waals surface area (Å²) >= 11 is 0. The van der Waals surface area contributed by atoms with Crippen LogP contribution in [0.3, 0.4) is 0 Å². The molecule has 1 atom stereocenters. The van der Waals surface area contributed by atoms with Crippen molar-refractivity contribution in [3.05, 3.63) is 23.8 Å². The summed E-state index contributed by atoms with van der Waals surface area (Å²) in [5.41, 5.74) is 0.581. The van der Waals surface area contributed by atoms with Crippen molar-refractivity contribution < 1.29 is 31.8 Å². The minimum absolute atomic E-state index is 0.0232. The van der Waals surface area contributed by atoms with Gasteiger partial charge in [0.25, 0.3) is 5.92 Å². The quantitative estimate of drug-likeness (QED) is 0.901. The highest BCUT2D eigenvalue weighted by Gasteiger charge is 2.53. The van der Waals surface area contributed by atoms with Gasteiger partial charge in [-0.05, 0) is 24.6 Å². The average molecular weight is 335 g/mol. The van der Waals surface area contributed by atoms with Gasteiger partial charge in [0, 0.05) is 6.42 Å². The van der Waals surface area contributed by atoms with Crippen LogP contribution in [0, 0.1) is 6.92 Å². The second-order valence-electron chi connectivity index (χ2n) is 5.12. The van der Waals surface area contributed by atoms with E-state index in [0.717, 1.165) is 0 Å². The lowest BCUT2D eigenvalue weighted by molar-refractivity contribution is -0.141. The summed E-state index contributed by atoms with van der Waals surface area (Å²) in [5, 5.41) is 9.04. The second-order valence-corrected chi connectivity index (χ2v) is 6.98. The number of carbonyl (C=O) groups is 1. The summed E-state index contributed by atoms with van der Waals surface area (Å²) in [6, 6.07) is 2.46. The van der Waals surface area contributed by atoms with Crippen molar-refractivity contribution in [1.82, 2.24) is 4.31 Å². The van der Waals surface area contributed by atoms with Gasteiger partial charge in [0.2, 0.25) is 10.0 Å². The maximum atomic E-state index is 13.5. The number of hydrogen-bond donors (Lipinski definition) is 1. The number of rotatable bonds is 4. The van der Waals surface area contributed by atoms with Gasteiger partial charge in [-0.3, -0.25) is 4.79 Å². The average Bonchev–Trinajstić information content (AvgIpc) is 2.76. The summed E-state index contributed by atoms with van der Waals surface area (Å²) in [6.45, 7) is 0.467. The monoisotopic (exact) mass is 335 g/mol. The fourth-order valence-corrected chi connectivity index (χ4v) is 4.21. The number of halogens is 2. The van der Waals surface area contributed by atoms with Crippen LogP contribution in [-0.4, -0.2) is 49.4 Å². The predicted octanol–water partition coefficient (Wildman–Crippen LogP) is 1.49. The number of carboxylic acid groups (broad SMARTS) is 1. The Kier molecular flexibility index (Phi) is 4.14. The second kappa shape index (κ2) is 5.47. The van der Waals surface area contributed by atoms with E-state index in [1.54, 1.807) is 13.0 Å². The molecule has 0 radical (unpaired) electrons. The molecule has 9 heteroatoms. The fourth-order valence-electron chi connectivity index (χ4n) is 2.36. The molecule has 6 nitrogen and oxygen atoms in total. The van der Waals surface area contributed by atoms with Gasteiger partial charge in [0.15, 0.2) is 0 Å². The Balaban J connectivity index is 2.54. The smallest absolute Gasteiger partial charge is 0.322 e. The van der Waals surface area contributed by atoms with E-state index in [-0.39, 0.29) is 10.6 Å². The predicted molar refractivity (Wildman–Crippen MR) is 72.6 cm³/mol. The maximum absolute atomic E-state index is 13.5. The van der Waals surface area contributed by atoms with Crippen LogP contribution in [0.1, 0.15) is 12.0 Å². The van der Waals surface area contributed by atoms with Crippen LogP contribution in [0.4, 0.5) is 8.78 Å². The van der Waals surface area contributed by atoms with Crippen LogP contribution in [-0.2, 0) is 14.8 Å². The van der Waals surface area contributed by atoms with Gasteiger partial charge in [-0.1, -0.05) is 6.07 Å². The third-order valence-corrected chi connectivity index (χ3v) is 5.29. The summed E-state index contributed by atoms with van der Waals surface area (Å²) in [5.74, 6) is -5.01. The molecule has 0 bridgehead atoms. The minimum Gasteiger partial charge on any atom is -0.495 e. The first-order valence-corrected chi connectivity index (χ1v) is 7.79. The van der Waals surface area contributed by atoms with Crippen LogP contribution in [0.15, 0.2) is 23.1 Å². The van der Waals surface area contributed by atoms with Crippen molar-refractivity contribution in [3.63, 3.8) is 0 Å². The summed E-state index contributed by atoms with van der Waals surface area (Å²) in [7, 11) is -3.17. The highest BCUT2D eigenvalue weighted by Crippen LogP contribution is 2.38. The molecule has 122 valence electrons. The van der Waals surface area contributed by atoms with E-state index in [9.17, 15) is 22.0 Å². The zero-order valence-electron chi connectivity index (χ0n) is 11.9. The number of ether oxygens (including phenoxy) is 1. The molecule has 0 amide bonds. The molecule has 1 heterocycles. The molecule has 1 aromatic rings. The van der Waals surface area contributed by atoms with Crippen molar-refractivity contribution in [3.8, 4) is 5.75 Å². The Morgan fingerprint density at radius 1 is 1.45 bits per heavy atom. The van der Waals surface area contributed by atoms with Gasteiger partial charge in [-0.2, -0.15) is 4.31 Å². The highest BCUT2D eigenvalue weighted by molar-refractivity contribution is 7.89. The Morgan fingerprint density at radius 3 is 2.64 bits per heavy atom. The third kappa shape index (κ3) is 2.91. The van der Waals surface area contributed by atoms with Gasteiger partial charge in [0.1, 0.15) is 16.7 Å². The van der Waals surface area contributed by atoms with Crippen LogP contribution in [0.25, 0.3) is 0 Å². The molecular weight excluding hydrogens is 320 g/mol. The topological polar surface area (TPSA) is 83.9 Å². The lowest BCUT2D eigenvalue weighted by Gasteiger charge is -2.21. The summed E-state index contributed by atoms with van der Waals surface area (Å²) in [4.78, 5) is 10.8. The lowest BCUT2D eigenvalue weighted by Crippen LogP contribution is -2.40. The van der Waals surface area contributed by atoms with E-state index in [2.05, 4.69) is 0 Å². The van der Waals surface area contributed by atoms with E-state index in [4.69, 9.17) is 9.84 Å². The van der Waals surface area contributed by atoms with Crippen LogP contribution in [0.2, 0.25) is 0 Å². The van der Waals surface area contributed by atoms with Crippen LogP contribution < -0.4 is 4.74 Å². The zero-order chi connectivity index (χ0) is 16.7. The molecule has 0 saturated carbocycles. The fraction of sp³-hybridized carbons (Fsp3) is 0.462. The summed E-state index contributed by atoms with van der Waals surface area (Å²) in [6.07, 6.45) is -1.05. The van der Waals surface area contributed by atoms with Gasteiger partial charge < -0.3 is 9.84 Å². The molecule has 1 aromatic carbocycles. The number of aryl methyl sites for hydroxylation is 1. The van der Waals surface area contributed by atoms with Crippen molar-refractivity contribution in [2.24, 2.45) is 0 Å². The first-order chi connectivity index (χ1) is 10.1. The number of alkyl halides is 2. The van der Waals surface area contributed by atoms with Gasteiger partial charge >= 0.3 is 5.97 Å². The number of carboxylic acids is 1. The van der Waals surface area contributed by atoms with Crippen molar-refractivity contribution in [1.29, 1.82) is 0 Å². The molecule has 0 unspecified atom stereocenters. The van der Waals surface area contributed by atoms with E-state index in [1.165, 1.54) is 19.2 Å². The van der Waals surface area contributed by atoms with E-state index >= 15 is 0 Å². The molecule has 1 aliphatic rings. The van der Waals surface area contributed by atoms with Gasteiger partial charge in [0.05, 0.1) is 13.7 Å². The number of hydrogen-bond acceptors (Lipinski definition) is 4. The maximum Gasteiger partial charge on any atom is 0.322 e. The molecule has 1 saturated heterocycles. The Labute approximate surface area is 126 Å². The molecule has 1 aliphatic heterocycles. The number of benzene rings is 1. The third-order valence-electron chi connectivity index (χ3n) is 3.42. The van der Waals surface area contributed by atoms with Gasteiger partial charge in [-0.15, -0.1) is 0 Å². The molecule has 0 aliphatic carbocycles. The normalized spacial score (nSPS) is 21.7. The van der Waals surface area contributed by atoms with Crippen molar-refractivity contribution in [2.75, 3.05) is 13.7 Å². The van der Waals surface area contributed by atoms with Crippen molar-refractivity contribution >= 4 is 16.0 Å². The zero-order valence-corrected chi connectivity index (χ0v) is 12.7. The van der Waals surface area contributed by atoms with Crippen LogP contribution in [0.5, 0.6) is 5.75 Å². The summed E-state index contributed by atoms with van der Waals surface area (Å²) < 4.78 is 57.5. The molecular formula is C13H15F2NO5S. The largest absolute Gasteiger partial charge is 0.495 e. The molecule has 1 N–H and O–H groups in total. The minimum atomic E-state index is -4.42. The highest BCUT2D eigenvalue weighted by atomic mass is 32.2. The SMILES string of the molecule is COc1ccc(C)cc1S(=O)(=O)N1CC(F)(F)C[C@@H]1C(=O)O.